The predicted molar refractivity (Wildman–Crippen MR) is 61.3 cm³/mol. The van der Waals surface area contributed by atoms with Crippen molar-refractivity contribution in [3.8, 4) is 0 Å². The largest absolute Gasteiger partial charge is 0.299 e. The normalized spacial score (nSPS) is 18.1. The van der Waals surface area contributed by atoms with E-state index in [1.807, 2.05) is 0 Å². The number of amides is 2. The Kier molecular flexibility index (Phi) is 3.89. The molecule has 14 heavy (non-hydrogen) atoms. The third-order valence-electron chi connectivity index (χ3n) is 1.90. The number of rotatable bonds is 4. The molecule has 0 spiro atoms. The lowest BCUT2D eigenvalue weighted by atomic mass is 10.1. The van der Waals surface area contributed by atoms with E-state index >= 15 is 0 Å². The van der Waals surface area contributed by atoms with E-state index < -0.39 is 0 Å². The molecule has 0 aliphatic carbocycles. The molecule has 0 aromatic heterocycles. The number of hydrogen-bond donors (Lipinski definition) is 0. The standard InChI is InChI=1S/C9H15NO2S2/c1-4-5-9(2,3)14-10-7(11)6-13-8(10)12/h4-6H2,1-3H3. The molecule has 5 heteroatoms. The second-order valence-corrected chi connectivity index (χ2v) is 6.42. The van der Waals surface area contributed by atoms with Crippen LogP contribution in [0.4, 0.5) is 4.79 Å². The van der Waals surface area contributed by atoms with Crippen molar-refractivity contribution in [1.82, 2.24) is 4.31 Å². The summed E-state index contributed by atoms with van der Waals surface area (Å²) in [6.45, 7) is 6.22. The summed E-state index contributed by atoms with van der Waals surface area (Å²) in [7, 11) is 0. The van der Waals surface area contributed by atoms with Gasteiger partial charge in [-0.25, -0.2) is 4.31 Å². The number of carbonyl (C=O) groups is 2. The molecule has 0 N–H and O–H groups in total. The topological polar surface area (TPSA) is 37.4 Å². The van der Waals surface area contributed by atoms with Crippen molar-refractivity contribution in [1.29, 1.82) is 0 Å². The van der Waals surface area contributed by atoms with E-state index in [0.29, 0.717) is 5.75 Å². The van der Waals surface area contributed by atoms with Crippen molar-refractivity contribution in [3.63, 3.8) is 0 Å². The molecular formula is C9H15NO2S2. The smallest absolute Gasteiger partial charge is 0.272 e. The van der Waals surface area contributed by atoms with Crippen molar-refractivity contribution < 1.29 is 9.59 Å². The molecular weight excluding hydrogens is 218 g/mol. The molecule has 0 saturated carbocycles. The lowest BCUT2D eigenvalue weighted by Crippen LogP contribution is -2.29. The molecule has 0 radical (unpaired) electrons. The molecule has 0 unspecified atom stereocenters. The summed E-state index contributed by atoms with van der Waals surface area (Å²) in [5.41, 5.74) is 0. The summed E-state index contributed by atoms with van der Waals surface area (Å²) in [6, 6.07) is 0. The number of thioether (sulfide) groups is 1. The zero-order valence-corrected chi connectivity index (χ0v) is 10.3. The molecule has 1 aliphatic rings. The predicted octanol–water partition coefficient (Wildman–Crippen LogP) is 2.91. The molecule has 1 aliphatic heterocycles. The van der Waals surface area contributed by atoms with Crippen LogP contribution in [0.2, 0.25) is 0 Å². The Bertz CT molecular complexity index is 237. The van der Waals surface area contributed by atoms with E-state index in [-0.39, 0.29) is 15.9 Å². The monoisotopic (exact) mass is 233 g/mol. The molecule has 80 valence electrons. The Morgan fingerprint density at radius 2 is 2.14 bits per heavy atom. The first-order chi connectivity index (χ1) is 6.46. The third kappa shape index (κ3) is 2.92. The quantitative estimate of drug-likeness (QED) is 0.700. The molecule has 0 aromatic carbocycles. The van der Waals surface area contributed by atoms with Crippen LogP contribution >= 0.6 is 23.7 Å². The van der Waals surface area contributed by atoms with Crippen LogP contribution in [-0.2, 0) is 4.79 Å². The Hall–Kier alpha value is -0.160. The zero-order valence-electron chi connectivity index (χ0n) is 8.70. The first-order valence-corrected chi connectivity index (χ1v) is 6.41. The minimum Gasteiger partial charge on any atom is -0.272 e. The van der Waals surface area contributed by atoms with Gasteiger partial charge in [-0.3, -0.25) is 9.59 Å². The second-order valence-electron chi connectivity index (χ2n) is 3.84. The van der Waals surface area contributed by atoms with E-state index in [4.69, 9.17) is 0 Å². The van der Waals surface area contributed by atoms with Gasteiger partial charge in [-0.05, 0) is 32.2 Å². The maximum absolute atomic E-state index is 11.3. The average molecular weight is 233 g/mol. The van der Waals surface area contributed by atoms with Gasteiger partial charge in [-0.15, -0.1) is 0 Å². The maximum atomic E-state index is 11.3. The highest BCUT2D eigenvalue weighted by atomic mass is 32.2. The highest BCUT2D eigenvalue weighted by Gasteiger charge is 2.35. The van der Waals surface area contributed by atoms with Gasteiger partial charge in [0.15, 0.2) is 0 Å². The molecule has 0 atom stereocenters. The van der Waals surface area contributed by atoms with Gasteiger partial charge in [-0.2, -0.15) is 0 Å². The molecule has 1 heterocycles. The zero-order chi connectivity index (χ0) is 10.8. The van der Waals surface area contributed by atoms with Gasteiger partial charge in [0, 0.05) is 4.75 Å². The Balaban J connectivity index is 2.58. The lowest BCUT2D eigenvalue weighted by molar-refractivity contribution is -0.120. The highest BCUT2D eigenvalue weighted by molar-refractivity contribution is 8.16. The van der Waals surface area contributed by atoms with Gasteiger partial charge >= 0.3 is 0 Å². The SMILES string of the molecule is CCCC(C)(C)SN1C(=O)CSC1=O. The highest BCUT2D eigenvalue weighted by Crippen LogP contribution is 2.37. The summed E-state index contributed by atoms with van der Waals surface area (Å²) in [4.78, 5) is 22.6. The van der Waals surface area contributed by atoms with Gasteiger partial charge in [0.05, 0.1) is 5.75 Å². The summed E-state index contributed by atoms with van der Waals surface area (Å²) in [5.74, 6) is 0.225. The molecule has 1 rings (SSSR count). The van der Waals surface area contributed by atoms with Crippen LogP contribution in [0.15, 0.2) is 0 Å². The first kappa shape index (κ1) is 11.9. The Morgan fingerprint density at radius 1 is 1.50 bits per heavy atom. The van der Waals surface area contributed by atoms with Crippen LogP contribution in [0.3, 0.4) is 0 Å². The summed E-state index contributed by atoms with van der Waals surface area (Å²) >= 11 is 2.45. The van der Waals surface area contributed by atoms with Gasteiger partial charge < -0.3 is 0 Å². The first-order valence-electron chi connectivity index (χ1n) is 4.65. The van der Waals surface area contributed by atoms with Crippen LogP contribution in [0.25, 0.3) is 0 Å². The molecule has 0 aromatic rings. The summed E-state index contributed by atoms with van der Waals surface area (Å²) in [6.07, 6.45) is 2.06. The van der Waals surface area contributed by atoms with Gasteiger partial charge in [-0.1, -0.05) is 25.1 Å². The van der Waals surface area contributed by atoms with Crippen molar-refractivity contribution in [2.24, 2.45) is 0 Å². The van der Waals surface area contributed by atoms with Crippen LogP contribution in [-0.4, -0.2) is 26.0 Å². The fourth-order valence-corrected chi connectivity index (χ4v) is 3.30. The van der Waals surface area contributed by atoms with Gasteiger partial charge in [0.2, 0.25) is 0 Å². The van der Waals surface area contributed by atoms with E-state index in [9.17, 15) is 9.59 Å². The fraction of sp³-hybridized carbons (Fsp3) is 0.778. The average Bonchev–Trinajstić information content (AvgIpc) is 2.35. The molecule has 1 saturated heterocycles. The van der Waals surface area contributed by atoms with Crippen LogP contribution in [0.5, 0.6) is 0 Å². The van der Waals surface area contributed by atoms with Gasteiger partial charge in [0.1, 0.15) is 0 Å². The van der Waals surface area contributed by atoms with Crippen LogP contribution in [0.1, 0.15) is 33.6 Å². The molecule has 0 bridgehead atoms. The maximum Gasteiger partial charge on any atom is 0.299 e. The third-order valence-corrected chi connectivity index (χ3v) is 4.09. The van der Waals surface area contributed by atoms with Crippen molar-refractivity contribution >= 4 is 34.9 Å². The molecule has 2 amide bonds. The minimum absolute atomic E-state index is 0.0367. The minimum atomic E-state index is -0.121. The molecule has 3 nitrogen and oxygen atoms in total. The fourth-order valence-electron chi connectivity index (χ4n) is 1.33. The van der Waals surface area contributed by atoms with E-state index in [1.54, 1.807) is 0 Å². The van der Waals surface area contributed by atoms with Crippen molar-refractivity contribution in [2.75, 3.05) is 5.75 Å². The number of hydrogen-bond acceptors (Lipinski definition) is 4. The lowest BCUT2D eigenvalue weighted by Gasteiger charge is -2.26. The number of nitrogens with zero attached hydrogens (tertiary/aromatic N) is 1. The summed E-state index contributed by atoms with van der Waals surface area (Å²) in [5, 5.41) is -0.121. The van der Waals surface area contributed by atoms with E-state index in [0.717, 1.165) is 24.6 Å². The van der Waals surface area contributed by atoms with Crippen molar-refractivity contribution in [3.05, 3.63) is 0 Å². The second kappa shape index (κ2) is 4.57. The van der Waals surface area contributed by atoms with E-state index in [1.165, 1.54) is 16.3 Å². The number of imide groups is 1. The number of carbonyl (C=O) groups excluding carboxylic acids is 2. The van der Waals surface area contributed by atoms with Gasteiger partial charge in [0.25, 0.3) is 11.1 Å². The van der Waals surface area contributed by atoms with Crippen molar-refractivity contribution in [2.45, 2.75) is 38.4 Å². The van der Waals surface area contributed by atoms with E-state index in [2.05, 4.69) is 20.8 Å². The molecule has 1 fully saturated rings. The van der Waals surface area contributed by atoms with Crippen LogP contribution in [0, 0.1) is 0 Å². The van der Waals surface area contributed by atoms with Crippen LogP contribution < -0.4 is 0 Å². The summed E-state index contributed by atoms with van der Waals surface area (Å²) < 4.78 is 1.27. The Morgan fingerprint density at radius 3 is 2.57 bits per heavy atom. The Labute approximate surface area is 93.1 Å².